The summed E-state index contributed by atoms with van der Waals surface area (Å²) in [7, 11) is 1.97. The monoisotopic (exact) mass is 209 g/mol. The molecular formula is C10H19N5. The predicted molar refractivity (Wildman–Crippen MR) is 61.1 cm³/mol. The van der Waals surface area contributed by atoms with Gasteiger partial charge in [0.05, 0.1) is 12.2 Å². The molecule has 0 amide bonds. The van der Waals surface area contributed by atoms with Crippen LogP contribution in [0.1, 0.15) is 13.0 Å². The van der Waals surface area contributed by atoms with Crippen LogP contribution in [0.3, 0.4) is 0 Å². The van der Waals surface area contributed by atoms with Crippen molar-refractivity contribution in [3.05, 3.63) is 12.3 Å². The van der Waals surface area contributed by atoms with E-state index in [0.29, 0.717) is 12.1 Å². The maximum absolute atomic E-state index is 4.34. The highest BCUT2D eigenvalue weighted by Gasteiger charge is 2.21. The molecule has 5 heteroatoms. The smallest absolute Gasteiger partial charge is 0.124 e. The van der Waals surface area contributed by atoms with Gasteiger partial charge < -0.3 is 16.0 Å². The van der Waals surface area contributed by atoms with Crippen molar-refractivity contribution in [1.82, 2.24) is 20.4 Å². The minimum Gasteiger partial charge on any atom is -0.369 e. The normalized spacial score (nSPS) is 18.5. The molecule has 5 nitrogen and oxygen atoms in total. The number of anilines is 1. The Bertz CT molecular complexity index is 305. The van der Waals surface area contributed by atoms with Gasteiger partial charge in [-0.25, -0.2) is 4.68 Å². The van der Waals surface area contributed by atoms with Gasteiger partial charge in [0.1, 0.15) is 5.82 Å². The van der Waals surface area contributed by atoms with Gasteiger partial charge in [0.15, 0.2) is 0 Å². The lowest BCUT2D eigenvalue weighted by atomic mass is 10.2. The third kappa shape index (κ3) is 2.30. The summed E-state index contributed by atoms with van der Waals surface area (Å²) in [5.41, 5.74) is 0. The summed E-state index contributed by atoms with van der Waals surface area (Å²) in [6, 6.07) is 3.01. The van der Waals surface area contributed by atoms with Crippen molar-refractivity contribution in [3.8, 4) is 0 Å². The Hall–Kier alpha value is -1.07. The fraction of sp³-hybridized carbons (Fsp3) is 0.700. The molecule has 1 fully saturated rings. The molecule has 2 heterocycles. The number of likely N-dealkylation sites (N-methyl/N-ethyl adjacent to an activating group) is 1. The molecule has 2 rings (SSSR count). The molecule has 0 spiro atoms. The zero-order chi connectivity index (χ0) is 10.7. The molecular weight excluding hydrogens is 190 g/mol. The second kappa shape index (κ2) is 4.63. The number of aromatic nitrogens is 2. The van der Waals surface area contributed by atoms with Gasteiger partial charge in [-0.2, -0.15) is 5.10 Å². The summed E-state index contributed by atoms with van der Waals surface area (Å²) >= 11 is 0. The van der Waals surface area contributed by atoms with Crippen LogP contribution >= 0.6 is 0 Å². The van der Waals surface area contributed by atoms with Gasteiger partial charge >= 0.3 is 0 Å². The Labute approximate surface area is 90.2 Å². The van der Waals surface area contributed by atoms with Crippen LogP contribution in [0.5, 0.6) is 0 Å². The number of nitrogens with zero attached hydrogens (tertiary/aromatic N) is 2. The molecule has 1 unspecified atom stereocenters. The zero-order valence-corrected chi connectivity index (χ0v) is 9.33. The molecule has 1 aromatic heterocycles. The second-order valence-electron chi connectivity index (χ2n) is 4.04. The van der Waals surface area contributed by atoms with Crippen molar-refractivity contribution in [3.63, 3.8) is 0 Å². The summed E-state index contributed by atoms with van der Waals surface area (Å²) in [6.07, 6.45) is 1.85. The third-order valence-corrected chi connectivity index (χ3v) is 2.86. The fourth-order valence-corrected chi connectivity index (χ4v) is 1.55. The second-order valence-corrected chi connectivity index (χ2v) is 4.04. The summed E-state index contributed by atoms with van der Waals surface area (Å²) in [5.74, 6) is 1.11. The van der Waals surface area contributed by atoms with Crippen LogP contribution in [0, 0.1) is 0 Å². The van der Waals surface area contributed by atoms with Crippen molar-refractivity contribution >= 4 is 5.82 Å². The molecule has 0 radical (unpaired) electrons. The summed E-state index contributed by atoms with van der Waals surface area (Å²) in [6.45, 7) is 5.12. The van der Waals surface area contributed by atoms with E-state index >= 15 is 0 Å². The highest BCUT2D eigenvalue weighted by Crippen LogP contribution is 2.17. The van der Waals surface area contributed by atoms with Gasteiger partial charge in [-0.05, 0) is 14.0 Å². The lowest BCUT2D eigenvalue weighted by Crippen LogP contribution is -2.44. The average molecular weight is 209 g/mol. The van der Waals surface area contributed by atoms with Gasteiger partial charge in [-0.1, -0.05) is 0 Å². The van der Waals surface area contributed by atoms with E-state index in [-0.39, 0.29) is 0 Å². The molecule has 1 saturated heterocycles. The van der Waals surface area contributed by atoms with Gasteiger partial charge in [-0.15, -0.1) is 0 Å². The van der Waals surface area contributed by atoms with Crippen molar-refractivity contribution in [2.24, 2.45) is 0 Å². The van der Waals surface area contributed by atoms with Crippen LogP contribution in [0.25, 0.3) is 0 Å². The first kappa shape index (κ1) is 10.4. The highest BCUT2D eigenvalue weighted by molar-refractivity contribution is 5.35. The van der Waals surface area contributed by atoms with Crippen LogP contribution in [0.15, 0.2) is 12.3 Å². The van der Waals surface area contributed by atoms with Crippen LogP contribution < -0.4 is 16.0 Å². The SMILES string of the molecule is CNC(C)CNc1ccnn1C1CNC1. The number of hydrogen-bond donors (Lipinski definition) is 3. The molecule has 1 aromatic rings. The lowest BCUT2D eigenvalue weighted by Gasteiger charge is -2.29. The van der Waals surface area contributed by atoms with E-state index in [2.05, 4.69) is 32.7 Å². The van der Waals surface area contributed by atoms with Crippen molar-refractivity contribution in [2.75, 3.05) is 32.0 Å². The van der Waals surface area contributed by atoms with Gasteiger partial charge in [0, 0.05) is 31.7 Å². The van der Waals surface area contributed by atoms with E-state index in [0.717, 1.165) is 25.5 Å². The largest absolute Gasteiger partial charge is 0.369 e. The molecule has 0 bridgehead atoms. The van der Waals surface area contributed by atoms with Crippen molar-refractivity contribution in [1.29, 1.82) is 0 Å². The molecule has 0 saturated carbocycles. The Morgan fingerprint density at radius 2 is 2.47 bits per heavy atom. The van der Waals surface area contributed by atoms with Crippen LogP contribution in [-0.2, 0) is 0 Å². The number of nitrogens with one attached hydrogen (secondary N) is 3. The molecule has 0 aliphatic carbocycles. The Morgan fingerprint density at radius 3 is 3.07 bits per heavy atom. The summed E-state index contributed by atoms with van der Waals surface area (Å²) in [4.78, 5) is 0. The van der Waals surface area contributed by atoms with E-state index in [1.165, 1.54) is 0 Å². The highest BCUT2D eigenvalue weighted by atomic mass is 15.4. The quantitative estimate of drug-likeness (QED) is 0.641. The summed E-state index contributed by atoms with van der Waals surface area (Å²) < 4.78 is 2.07. The molecule has 3 N–H and O–H groups in total. The molecule has 0 aromatic carbocycles. The first-order valence-corrected chi connectivity index (χ1v) is 5.46. The molecule has 1 atom stereocenters. The fourth-order valence-electron chi connectivity index (χ4n) is 1.55. The molecule has 15 heavy (non-hydrogen) atoms. The molecule has 1 aliphatic rings. The molecule has 1 aliphatic heterocycles. The van der Waals surface area contributed by atoms with E-state index in [1.807, 2.05) is 19.3 Å². The standard InChI is InChI=1S/C10H19N5/c1-8(11-2)5-13-10-3-4-14-15(10)9-6-12-7-9/h3-4,8-9,11-13H,5-7H2,1-2H3. The van der Waals surface area contributed by atoms with Gasteiger partial charge in [0.25, 0.3) is 0 Å². The average Bonchev–Trinajstić information content (AvgIpc) is 2.60. The summed E-state index contributed by atoms with van der Waals surface area (Å²) in [5, 5.41) is 14.2. The topological polar surface area (TPSA) is 53.9 Å². The molecule has 84 valence electrons. The first-order valence-electron chi connectivity index (χ1n) is 5.46. The maximum Gasteiger partial charge on any atom is 0.124 e. The minimum atomic E-state index is 0.466. The third-order valence-electron chi connectivity index (χ3n) is 2.86. The van der Waals surface area contributed by atoms with Crippen molar-refractivity contribution < 1.29 is 0 Å². The van der Waals surface area contributed by atoms with Crippen LogP contribution in [0.4, 0.5) is 5.82 Å². The minimum absolute atomic E-state index is 0.466. The lowest BCUT2D eigenvalue weighted by molar-refractivity contribution is 0.321. The van der Waals surface area contributed by atoms with E-state index < -0.39 is 0 Å². The Balaban J connectivity index is 1.92. The zero-order valence-electron chi connectivity index (χ0n) is 9.33. The number of rotatable bonds is 5. The van der Waals surface area contributed by atoms with Gasteiger partial charge in [-0.3, -0.25) is 0 Å². The maximum atomic E-state index is 4.34. The van der Waals surface area contributed by atoms with E-state index in [1.54, 1.807) is 0 Å². The van der Waals surface area contributed by atoms with Crippen molar-refractivity contribution in [2.45, 2.75) is 19.0 Å². The predicted octanol–water partition coefficient (Wildman–Crippen LogP) is 0.0472. The van der Waals surface area contributed by atoms with E-state index in [9.17, 15) is 0 Å². The van der Waals surface area contributed by atoms with Crippen LogP contribution in [0.2, 0.25) is 0 Å². The Morgan fingerprint density at radius 1 is 1.67 bits per heavy atom. The van der Waals surface area contributed by atoms with Gasteiger partial charge in [0.2, 0.25) is 0 Å². The van der Waals surface area contributed by atoms with E-state index in [4.69, 9.17) is 0 Å². The Kier molecular flexibility index (Phi) is 3.23. The van der Waals surface area contributed by atoms with Crippen LogP contribution in [-0.4, -0.2) is 42.5 Å². The first-order chi connectivity index (χ1) is 7.31. The number of hydrogen-bond acceptors (Lipinski definition) is 4.